The Morgan fingerprint density at radius 3 is 2.56 bits per heavy atom. The SMILES string of the molecule is Nc1cc(-c2ccc(SC3CC3)cc2)no1. The molecule has 0 saturated heterocycles. The van der Waals surface area contributed by atoms with Gasteiger partial charge in [-0.05, 0) is 25.0 Å². The molecule has 3 rings (SSSR count). The Morgan fingerprint density at radius 2 is 2.00 bits per heavy atom. The molecule has 1 aromatic carbocycles. The van der Waals surface area contributed by atoms with Gasteiger partial charge in [-0.3, -0.25) is 0 Å². The maximum absolute atomic E-state index is 5.49. The Kier molecular flexibility index (Phi) is 2.36. The van der Waals surface area contributed by atoms with Gasteiger partial charge in [0.1, 0.15) is 5.69 Å². The molecule has 0 spiro atoms. The number of benzene rings is 1. The molecule has 1 fully saturated rings. The molecule has 0 radical (unpaired) electrons. The average Bonchev–Trinajstić information content (AvgIpc) is 3.00. The van der Waals surface area contributed by atoms with Crippen LogP contribution in [-0.4, -0.2) is 10.4 Å². The van der Waals surface area contributed by atoms with Gasteiger partial charge in [0.15, 0.2) is 0 Å². The van der Waals surface area contributed by atoms with E-state index >= 15 is 0 Å². The van der Waals surface area contributed by atoms with E-state index in [-0.39, 0.29) is 0 Å². The third-order valence-corrected chi connectivity index (χ3v) is 3.85. The third-order valence-electron chi connectivity index (χ3n) is 2.51. The fraction of sp³-hybridized carbons (Fsp3) is 0.250. The van der Waals surface area contributed by atoms with Crippen LogP contribution in [0.5, 0.6) is 0 Å². The number of nitrogen functional groups attached to an aromatic ring is 1. The predicted octanol–water partition coefficient (Wildman–Crippen LogP) is 3.18. The lowest BCUT2D eigenvalue weighted by molar-refractivity contribution is 0.439. The van der Waals surface area contributed by atoms with Gasteiger partial charge < -0.3 is 10.3 Å². The van der Waals surface area contributed by atoms with Gasteiger partial charge in [-0.2, -0.15) is 0 Å². The quantitative estimate of drug-likeness (QED) is 0.883. The zero-order valence-corrected chi connectivity index (χ0v) is 9.54. The molecule has 3 nitrogen and oxygen atoms in total. The van der Waals surface area contributed by atoms with Crippen LogP contribution in [0.1, 0.15) is 12.8 Å². The highest BCUT2D eigenvalue weighted by Crippen LogP contribution is 2.39. The summed E-state index contributed by atoms with van der Waals surface area (Å²) in [5.41, 5.74) is 7.32. The molecule has 0 bridgehead atoms. The molecule has 0 atom stereocenters. The van der Waals surface area contributed by atoms with E-state index in [1.165, 1.54) is 17.7 Å². The van der Waals surface area contributed by atoms with Crippen LogP contribution in [0.15, 0.2) is 39.8 Å². The lowest BCUT2D eigenvalue weighted by atomic mass is 10.1. The number of anilines is 1. The molecule has 1 aromatic heterocycles. The highest BCUT2D eigenvalue weighted by molar-refractivity contribution is 8.00. The molecule has 0 aliphatic heterocycles. The van der Waals surface area contributed by atoms with Crippen molar-refractivity contribution in [1.82, 2.24) is 5.16 Å². The number of aromatic nitrogens is 1. The van der Waals surface area contributed by atoms with Gasteiger partial charge in [0.25, 0.3) is 0 Å². The standard InChI is InChI=1S/C12H12N2OS/c13-12-7-11(14-15-12)8-1-3-9(4-2-8)16-10-5-6-10/h1-4,7,10H,5-6,13H2. The highest BCUT2D eigenvalue weighted by atomic mass is 32.2. The monoisotopic (exact) mass is 232 g/mol. The van der Waals surface area contributed by atoms with Crippen molar-refractivity contribution >= 4 is 17.6 Å². The van der Waals surface area contributed by atoms with Crippen molar-refractivity contribution in [3.05, 3.63) is 30.3 Å². The fourth-order valence-electron chi connectivity index (χ4n) is 1.51. The lowest BCUT2D eigenvalue weighted by Crippen LogP contribution is -1.79. The fourth-order valence-corrected chi connectivity index (χ4v) is 2.56. The summed E-state index contributed by atoms with van der Waals surface area (Å²) >= 11 is 1.95. The Labute approximate surface area is 98.0 Å². The van der Waals surface area contributed by atoms with Gasteiger partial charge in [-0.15, -0.1) is 11.8 Å². The number of nitrogens with two attached hydrogens (primary N) is 1. The van der Waals surface area contributed by atoms with Gasteiger partial charge in [0.05, 0.1) is 0 Å². The normalized spacial score (nSPS) is 15.2. The number of rotatable bonds is 3. The second-order valence-corrected chi connectivity index (χ2v) is 5.33. The van der Waals surface area contributed by atoms with Gasteiger partial charge in [-0.1, -0.05) is 17.3 Å². The first-order valence-corrected chi connectivity index (χ1v) is 6.18. The van der Waals surface area contributed by atoms with Crippen LogP contribution in [-0.2, 0) is 0 Å². The van der Waals surface area contributed by atoms with Crippen LogP contribution in [0.3, 0.4) is 0 Å². The first kappa shape index (κ1) is 9.78. The zero-order valence-electron chi connectivity index (χ0n) is 8.72. The second kappa shape index (κ2) is 3.87. The maximum atomic E-state index is 5.49. The Hall–Kier alpha value is -1.42. The lowest BCUT2D eigenvalue weighted by Gasteiger charge is -2.00. The minimum atomic E-state index is 0.353. The van der Waals surface area contributed by atoms with Crippen molar-refractivity contribution in [3.8, 4) is 11.3 Å². The number of hydrogen-bond acceptors (Lipinski definition) is 4. The van der Waals surface area contributed by atoms with E-state index in [1.54, 1.807) is 6.07 Å². The van der Waals surface area contributed by atoms with Gasteiger partial charge in [-0.25, -0.2) is 0 Å². The molecule has 2 aromatic rings. The van der Waals surface area contributed by atoms with Crippen LogP contribution in [0.2, 0.25) is 0 Å². The molecule has 1 saturated carbocycles. The molecule has 1 heterocycles. The van der Waals surface area contributed by atoms with E-state index in [9.17, 15) is 0 Å². The zero-order chi connectivity index (χ0) is 11.0. The average molecular weight is 232 g/mol. The van der Waals surface area contributed by atoms with Crippen molar-refractivity contribution in [3.63, 3.8) is 0 Å². The molecule has 2 N–H and O–H groups in total. The number of thioether (sulfide) groups is 1. The summed E-state index contributed by atoms with van der Waals surface area (Å²) in [4.78, 5) is 1.32. The summed E-state index contributed by atoms with van der Waals surface area (Å²) in [6.07, 6.45) is 2.71. The third kappa shape index (κ3) is 2.07. The van der Waals surface area contributed by atoms with Crippen LogP contribution >= 0.6 is 11.8 Å². The summed E-state index contributed by atoms with van der Waals surface area (Å²) in [6.45, 7) is 0. The van der Waals surface area contributed by atoms with Crippen molar-refractivity contribution in [2.75, 3.05) is 5.73 Å². The number of hydrogen-bond donors (Lipinski definition) is 1. The second-order valence-electron chi connectivity index (χ2n) is 3.96. The van der Waals surface area contributed by atoms with Crippen molar-refractivity contribution in [2.24, 2.45) is 0 Å². The molecule has 0 unspecified atom stereocenters. The van der Waals surface area contributed by atoms with Crippen LogP contribution < -0.4 is 5.73 Å². The Balaban J connectivity index is 1.80. The van der Waals surface area contributed by atoms with E-state index < -0.39 is 0 Å². The largest absolute Gasteiger partial charge is 0.368 e. The summed E-state index contributed by atoms with van der Waals surface area (Å²) in [6, 6.07) is 10.1. The molecule has 0 amide bonds. The van der Waals surface area contributed by atoms with Gasteiger partial charge in [0, 0.05) is 21.8 Å². The molecule has 82 valence electrons. The topological polar surface area (TPSA) is 52.0 Å². The number of nitrogens with zero attached hydrogens (tertiary/aromatic N) is 1. The molecule has 1 aliphatic rings. The minimum absolute atomic E-state index is 0.353. The predicted molar refractivity (Wildman–Crippen MR) is 65.2 cm³/mol. The van der Waals surface area contributed by atoms with Gasteiger partial charge in [0.2, 0.25) is 5.88 Å². The molecular formula is C12H12N2OS. The molecule has 1 aliphatic carbocycles. The van der Waals surface area contributed by atoms with Gasteiger partial charge >= 0.3 is 0 Å². The first-order chi connectivity index (χ1) is 7.81. The maximum Gasteiger partial charge on any atom is 0.222 e. The van der Waals surface area contributed by atoms with E-state index in [0.717, 1.165) is 16.5 Å². The van der Waals surface area contributed by atoms with E-state index in [0.29, 0.717) is 5.88 Å². The Morgan fingerprint density at radius 1 is 1.25 bits per heavy atom. The summed E-state index contributed by atoms with van der Waals surface area (Å²) < 4.78 is 4.85. The van der Waals surface area contributed by atoms with Crippen LogP contribution in [0, 0.1) is 0 Å². The summed E-state index contributed by atoms with van der Waals surface area (Å²) in [7, 11) is 0. The molecule has 4 heteroatoms. The summed E-state index contributed by atoms with van der Waals surface area (Å²) in [5, 5.41) is 4.72. The van der Waals surface area contributed by atoms with E-state index in [2.05, 4.69) is 29.4 Å². The Bertz CT molecular complexity index is 488. The van der Waals surface area contributed by atoms with Crippen LogP contribution in [0.25, 0.3) is 11.3 Å². The first-order valence-electron chi connectivity index (χ1n) is 5.30. The van der Waals surface area contributed by atoms with E-state index in [4.69, 9.17) is 10.3 Å². The van der Waals surface area contributed by atoms with Crippen molar-refractivity contribution < 1.29 is 4.52 Å². The minimum Gasteiger partial charge on any atom is -0.368 e. The summed E-state index contributed by atoms with van der Waals surface area (Å²) in [5.74, 6) is 0.353. The highest BCUT2D eigenvalue weighted by Gasteiger charge is 2.22. The van der Waals surface area contributed by atoms with E-state index in [1.807, 2.05) is 11.8 Å². The molecular weight excluding hydrogens is 220 g/mol. The van der Waals surface area contributed by atoms with Crippen molar-refractivity contribution in [2.45, 2.75) is 23.0 Å². The molecule has 16 heavy (non-hydrogen) atoms. The van der Waals surface area contributed by atoms with Crippen LogP contribution in [0.4, 0.5) is 5.88 Å². The van der Waals surface area contributed by atoms with Crippen molar-refractivity contribution in [1.29, 1.82) is 0 Å². The smallest absolute Gasteiger partial charge is 0.222 e.